The van der Waals surface area contributed by atoms with E-state index in [0.29, 0.717) is 0 Å². The highest BCUT2D eigenvalue weighted by Gasteiger charge is 2.45. The number of ether oxygens (including phenoxy) is 1. The van der Waals surface area contributed by atoms with Crippen LogP contribution in [0.5, 0.6) is 5.75 Å². The first kappa shape index (κ1) is 12.5. The maximum Gasteiger partial charge on any atom is 0.126 e. The van der Waals surface area contributed by atoms with Gasteiger partial charge in [-0.1, -0.05) is 29.3 Å². The summed E-state index contributed by atoms with van der Waals surface area (Å²) in [7, 11) is 0. The van der Waals surface area contributed by atoms with Gasteiger partial charge in [-0.15, -0.1) is 0 Å². The first-order valence-electron chi connectivity index (χ1n) is 6.78. The van der Waals surface area contributed by atoms with E-state index in [9.17, 15) is 5.11 Å². The second-order valence-electron chi connectivity index (χ2n) is 5.70. The van der Waals surface area contributed by atoms with Crippen LogP contribution in [0.2, 0.25) is 0 Å². The van der Waals surface area contributed by atoms with Gasteiger partial charge < -0.3 is 9.84 Å². The maximum atomic E-state index is 10.4. The molecular weight excluding hydrogens is 292 g/mol. The van der Waals surface area contributed by atoms with E-state index in [-0.39, 0.29) is 11.7 Å². The van der Waals surface area contributed by atoms with E-state index in [4.69, 9.17) is 4.74 Å². The smallest absolute Gasteiger partial charge is 0.126 e. The molecule has 1 N–H and O–H groups in total. The van der Waals surface area contributed by atoms with Crippen LogP contribution in [-0.4, -0.2) is 10.7 Å². The standard InChI is InChI=1S/C15H19BrO2/c1-2-10-5-6-15(8-10)9-13(17)12-7-11(16)3-4-14(12)18-15/h3-4,7,10,13,17H,2,5-6,8-9H2,1H3/t10?,13-,15?/m0/s1. The van der Waals surface area contributed by atoms with Crippen molar-refractivity contribution in [3.8, 4) is 5.75 Å². The molecule has 3 atom stereocenters. The van der Waals surface area contributed by atoms with Gasteiger partial charge in [0.1, 0.15) is 11.4 Å². The van der Waals surface area contributed by atoms with Crippen molar-refractivity contribution < 1.29 is 9.84 Å². The van der Waals surface area contributed by atoms with Crippen molar-refractivity contribution in [2.24, 2.45) is 5.92 Å². The summed E-state index contributed by atoms with van der Waals surface area (Å²) >= 11 is 3.45. The minimum Gasteiger partial charge on any atom is -0.487 e. The van der Waals surface area contributed by atoms with Crippen LogP contribution >= 0.6 is 15.9 Å². The summed E-state index contributed by atoms with van der Waals surface area (Å²) in [4.78, 5) is 0. The lowest BCUT2D eigenvalue weighted by Gasteiger charge is -2.38. The Kier molecular flexibility index (Phi) is 3.15. The van der Waals surface area contributed by atoms with Crippen molar-refractivity contribution in [1.82, 2.24) is 0 Å². The third-order valence-electron chi connectivity index (χ3n) is 4.47. The molecule has 18 heavy (non-hydrogen) atoms. The van der Waals surface area contributed by atoms with Crippen LogP contribution < -0.4 is 4.74 Å². The predicted molar refractivity (Wildman–Crippen MR) is 74.7 cm³/mol. The lowest BCUT2D eigenvalue weighted by Crippen LogP contribution is -2.38. The summed E-state index contributed by atoms with van der Waals surface area (Å²) in [5.41, 5.74) is 0.816. The second kappa shape index (κ2) is 4.53. The predicted octanol–water partition coefficient (Wildman–Crippen LogP) is 4.21. The van der Waals surface area contributed by atoms with E-state index in [1.165, 1.54) is 12.8 Å². The van der Waals surface area contributed by atoms with Crippen molar-refractivity contribution in [1.29, 1.82) is 0 Å². The zero-order valence-electron chi connectivity index (χ0n) is 10.7. The molecule has 0 saturated heterocycles. The minimum atomic E-state index is -0.387. The van der Waals surface area contributed by atoms with E-state index < -0.39 is 0 Å². The zero-order chi connectivity index (χ0) is 12.8. The Hall–Kier alpha value is -0.540. The third kappa shape index (κ3) is 2.08. The monoisotopic (exact) mass is 310 g/mol. The van der Waals surface area contributed by atoms with Crippen LogP contribution in [0.25, 0.3) is 0 Å². The number of rotatable bonds is 1. The van der Waals surface area contributed by atoms with Crippen LogP contribution in [0.3, 0.4) is 0 Å². The quantitative estimate of drug-likeness (QED) is 0.841. The van der Waals surface area contributed by atoms with Gasteiger partial charge in [0, 0.05) is 16.5 Å². The molecule has 0 radical (unpaired) electrons. The van der Waals surface area contributed by atoms with Crippen molar-refractivity contribution in [2.75, 3.05) is 0 Å². The molecule has 0 aromatic heterocycles. The van der Waals surface area contributed by atoms with Crippen LogP contribution in [0.4, 0.5) is 0 Å². The van der Waals surface area contributed by atoms with E-state index in [2.05, 4.69) is 22.9 Å². The molecular formula is C15H19BrO2. The summed E-state index contributed by atoms with van der Waals surface area (Å²) in [5, 5.41) is 10.4. The number of aliphatic hydroxyl groups is 1. The molecule has 2 nitrogen and oxygen atoms in total. The van der Waals surface area contributed by atoms with Gasteiger partial charge in [-0.3, -0.25) is 0 Å². The van der Waals surface area contributed by atoms with E-state index in [1.54, 1.807) is 0 Å². The number of fused-ring (bicyclic) bond motifs is 1. The molecule has 98 valence electrons. The first-order valence-corrected chi connectivity index (χ1v) is 7.58. The van der Waals surface area contributed by atoms with Gasteiger partial charge in [-0.25, -0.2) is 0 Å². The summed E-state index contributed by atoms with van der Waals surface area (Å²) in [6, 6.07) is 5.93. The average molecular weight is 311 g/mol. The Morgan fingerprint density at radius 2 is 2.28 bits per heavy atom. The van der Waals surface area contributed by atoms with Gasteiger partial charge >= 0.3 is 0 Å². The van der Waals surface area contributed by atoms with Crippen molar-refractivity contribution >= 4 is 15.9 Å². The average Bonchev–Trinajstić information content (AvgIpc) is 2.73. The molecule has 3 rings (SSSR count). The molecule has 2 aliphatic rings. The highest BCUT2D eigenvalue weighted by Crippen LogP contribution is 2.49. The van der Waals surface area contributed by atoms with Gasteiger partial charge in [0.25, 0.3) is 0 Å². The topological polar surface area (TPSA) is 29.5 Å². The van der Waals surface area contributed by atoms with Crippen LogP contribution in [0.1, 0.15) is 50.7 Å². The normalized spacial score (nSPS) is 34.4. The van der Waals surface area contributed by atoms with Gasteiger partial charge in [0.15, 0.2) is 0 Å². The Bertz CT molecular complexity index is 460. The SMILES string of the molecule is CCC1CCC2(C1)C[C@H](O)c1cc(Br)ccc1O2. The first-order chi connectivity index (χ1) is 8.62. The summed E-state index contributed by atoms with van der Waals surface area (Å²) in [6.45, 7) is 2.24. The lowest BCUT2D eigenvalue weighted by atomic mass is 9.86. The van der Waals surface area contributed by atoms with Gasteiger partial charge in [-0.2, -0.15) is 0 Å². The molecule has 1 heterocycles. The van der Waals surface area contributed by atoms with Gasteiger partial charge in [-0.05, 0) is 43.4 Å². The maximum absolute atomic E-state index is 10.4. The Balaban J connectivity index is 1.90. The number of hydrogen-bond donors (Lipinski definition) is 1. The van der Waals surface area contributed by atoms with Crippen LogP contribution in [-0.2, 0) is 0 Å². The van der Waals surface area contributed by atoms with Gasteiger partial charge in [0.05, 0.1) is 6.10 Å². The van der Waals surface area contributed by atoms with Crippen molar-refractivity contribution in [3.05, 3.63) is 28.2 Å². The van der Waals surface area contributed by atoms with E-state index in [1.807, 2.05) is 18.2 Å². The number of halogens is 1. The molecule has 1 aliphatic heterocycles. The molecule has 1 fully saturated rings. The Labute approximate surface area is 116 Å². The van der Waals surface area contributed by atoms with Crippen LogP contribution in [0, 0.1) is 5.92 Å². The molecule has 2 unspecified atom stereocenters. The van der Waals surface area contributed by atoms with Crippen molar-refractivity contribution in [2.45, 2.75) is 50.7 Å². The fourth-order valence-electron chi connectivity index (χ4n) is 3.43. The molecule has 0 amide bonds. The molecule has 1 aromatic carbocycles. The van der Waals surface area contributed by atoms with Crippen molar-refractivity contribution in [3.63, 3.8) is 0 Å². The summed E-state index contributed by atoms with van der Waals surface area (Å²) in [5.74, 6) is 1.63. The second-order valence-corrected chi connectivity index (χ2v) is 6.62. The fraction of sp³-hybridized carbons (Fsp3) is 0.600. The Morgan fingerprint density at radius 1 is 1.44 bits per heavy atom. The third-order valence-corrected chi connectivity index (χ3v) is 4.96. The lowest BCUT2D eigenvalue weighted by molar-refractivity contribution is -0.0122. The summed E-state index contributed by atoms with van der Waals surface area (Å²) in [6.07, 6.45) is 4.98. The van der Waals surface area contributed by atoms with E-state index >= 15 is 0 Å². The molecule has 3 heteroatoms. The summed E-state index contributed by atoms with van der Waals surface area (Å²) < 4.78 is 7.25. The molecule has 1 aromatic rings. The number of aliphatic hydroxyl groups excluding tert-OH is 1. The zero-order valence-corrected chi connectivity index (χ0v) is 12.2. The number of hydrogen-bond acceptors (Lipinski definition) is 2. The largest absolute Gasteiger partial charge is 0.487 e. The highest BCUT2D eigenvalue weighted by atomic mass is 79.9. The number of benzene rings is 1. The highest BCUT2D eigenvalue weighted by molar-refractivity contribution is 9.10. The van der Waals surface area contributed by atoms with Crippen LogP contribution in [0.15, 0.2) is 22.7 Å². The molecule has 0 bridgehead atoms. The molecule has 1 spiro atoms. The van der Waals surface area contributed by atoms with Gasteiger partial charge in [0.2, 0.25) is 0 Å². The molecule has 1 aliphatic carbocycles. The van der Waals surface area contributed by atoms with E-state index in [0.717, 1.165) is 41.0 Å². The minimum absolute atomic E-state index is 0.110. The fourth-order valence-corrected chi connectivity index (χ4v) is 3.81. The Morgan fingerprint density at radius 3 is 3.00 bits per heavy atom. The molecule has 1 saturated carbocycles.